The number of carbonyl (C=O) groups excluding carboxylic acids is 1. The summed E-state index contributed by atoms with van der Waals surface area (Å²) in [5, 5.41) is 1.02. The molecule has 0 saturated carbocycles. The first kappa shape index (κ1) is 13.3. The minimum Gasteiger partial charge on any atom is -0.491 e. The van der Waals surface area contributed by atoms with Crippen LogP contribution in [-0.2, 0) is 4.79 Å². The fourth-order valence-electron chi connectivity index (χ4n) is 1.77. The first-order valence-electron chi connectivity index (χ1n) is 6.12. The van der Waals surface area contributed by atoms with E-state index in [0.29, 0.717) is 18.8 Å². The average Bonchev–Trinajstić information content (AvgIpc) is 2.39. The lowest BCUT2D eigenvalue weighted by Crippen LogP contribution is -2.37. The molecule has 0 aliphatic rings. The third-order valence-electron chi connectivity index (χ3n) is 2.87. The molecule has 1 atom stereocenters. The van der Waals surface area contributed by atoms with Gasteiger partial charge in [-0.25, -0.2) is 4.98 Å². The number of benzene rings is 1. The van der Waals surface area contributed by atoms with Crippen molar-refractivity contribution in [1.82, 2.24) is 4.98 Å². The lowest BCUT2D eigenvalue weighted by atomic mass is 10.2. The maximum atomic E-state index is 10.8. The molecule has 0 spiro atoms. The molecule has 0 saturated heterocycles. The number of pyridine rings is 1. The molecule has 100 valence electrons. The smallest absolute Gasteiger partial charge is 0.234 e. The van der Waals surface area contributed by atoms with Crippen molar-refractivity contribution in [2.45, 2.75) is 19.4 Å². The summed E-state index contributed by atoms with van der Waals surface area (Å²) < 4.78 is 5.64. The monoisotopic (exact) mass is 259 g/mol. The molecule has 1 aromatic carbocycles. The number of hydrogen-bond donors (Lipinski definition) is 2. The van der Waals surface area contributed by atoms with Crippen LogP contribution in [0.3, 0.4) is 0 Å². The number of nitrogens with zero attached hydrogens (tertiary/aromatic N) is 1. The molecule has 0 radical (unpaired) electrons. The number of para-hydroxylation sites is 1. The van der Waals surface area contributed by atoms with Gasteiger partial charge < -0.3 is 16.2 Å². The number of carbonyl (C=O) groups is 1. The summed E-state index contributed by atoms with van der Waals surface area (Å²) in [7, 11) is 0. The van der Waals surface area contributed by atoms with E-state index >= 15 is 0 Å². The second-order valence-electron chi connectivity index (χ2n) is 4.43. The zero-order valence-electron chi connectivity index (χ0n) is 10.8. The first-order chi connectivity index (χ1) is 9.08. The molecule has 1 amide bonds. The second kappa shape index (κ2) is 5.67. The Kier molecular flexibility index (Phi) is 3.97. The van der Waals surface area contributed by atoms with Gasteiger partial charge in [-0.1, -0.05) is 18.2 Å². The number of ether oxygens (including phenoxy) is 1. The lowest BCUT2D eigenvalue weighted by Gasteiger charge is -2.11. The van der Waals surface area contributed by atoms with E-state index in [9.17, 15) is 4.79 Å². The molecule has 0 aliphatic heterocycles. The van der Waals surface area contributed by atoms with Gasteiger partial charge in [0.25, 0.3) is 0 Å². The molecule has 1 heterocycles. The van der Waals surface area contributed by atoms with Gasteiger partial charge in [-0.15, -0.1) is 0 Å². The number of primary amides is 1. The Morgan fingerprint density at radius 2 is 2.16 bits per heavy atom. The predicted molar refractivity (Wildman–Crippen MR) is 73.8 cm³/mol. The molecular formula is C14H17N3O2. The van der Waals surface area contributed by atoms with Crippen LogP contribution >= 0.6 is 0 Å². The molecule has 0 aliphatic carbocycles. The van der Waals surface area contributed by atoms with Crippen LogP contribution in [0.15, 0.2) is 30.3 Å². The van der Waals surface area contributed by atoms with Crippen molar-refractivity contribution in [2.24, 2.45) is 11.5 Å². The number of amides is 1. The van der Waals surface area contributed by atoms with E-state index < -0.39 is 11.9 Å². The summed E-state index contributed by atoms with van der Waals surface area (Å²) in [6, 6.07) is 9.01. The van der Waals surface area contributed by atoms with E-state index in [4.69, 9.17) is 16.2 Å². The van der Waals surface area contributed by atoms with Gasteiger partial charge in [-0.05, 0) is 19.1 Å². The van der Waals surface area contributed by atoms with Crippen LogP contribution in [0.5, 0.6) is 5.75 Å². The van der Waals surface area contributed by atoms with Crippen LogP contribution in [0.25, 0.3) is 10.9 Å². The molecule has 1 aromatic heterocycles. The van der Waals surface area contributed by atoms with E-state index in [-0.39, 0.29) is 0 Å². The predicted octanol–water partition coefficient (Wildman–Crippen LogP) is 1.12. The maximum Gasteiger partial charge on any atom is 0.234 e. The molecule has 1 unspecified atom stereocenters. The van der Waals surface area contributed by atoms with Crippen LogP contribution in [0, 0.1) is 6.92 Å². The van der Waals surface area contributed by atoms with E-state index in [2.05, 4.69) is 4.98 Å². The van der Waals surface area contributed by atoms with E-state index in [1.165, 1.54) is 0 Å². The Hall–Kier alpha value is -2.14. The van der Waals surface area contributed by atoms with E-state index in [1.807, 2.05) is 37.3 Å². The fraction of sp³-hybridized carbons (Fsp3) is 0.286. The van der Waals surface area contributed by atoms with Crippen LogP contribution in [0.1, 0.15) is 12.1 Å². The highest BCUT2D eigenvalue weighted by Crippen LogP contribution is 2.23. The fourth-order valence-corrected chi connectivity index (χ4v) is 1.77. The molecular weight excluding hydrogens is 242 g/mol. The molecule has 2 rings (SSSR count). The second-order valence-corrected chi connectivity index (χ2v) is 4.43. The standard InChI is InChI=1S/C14H17N3O2/c1-9-5-6-10-3-2-4-12(13(10)17-9)19-8-7-11(15)14(16)18/h2-6,11H,7-8,15H2,1H3,(H2,16,18). The Morgan fingerprint density at radius 1 is 1.37 bits per heavy atom. The van der Waals surface area contributed by atoms with E-state index in [1.54, 1.807) is 0 Å². The van der Waals surface area contributed by atoms with Crippen LogP contribution in [-0.4, -0.2) is 23.5 Å². The third-order valence-corrected chi connectivity index (χ3v) is 2.87. The van der Waals surface area contributed by atoms with Gasteiger partial charge in [-0.2, -0.15) is 0 Å². The van der Waals surface area contributed by atoms with Gasteiger partial charge in [0.05, 0.1) is 12.6 Å². The molecule has 0 bridgehead atoms. The minimum atomic E-state index is -0.676. The number of hydrogen-bond acceptors (Lipinski definition) is 4. The number of aryl methyl sites for hydroxylation is 1. The molecule has 5 heteroatoms. The van der Waals surface area contributed by atoms with Gasteiger partial charge in [0.1, 0.15) is 11.3 Å². The molecule has 19 heavy (non-hydrogen) atoms. The van der Waals surface area contributed by atoms with Gasteiger partial charge in [0.2, 0.25) is 5.91 Å². The molecule has 5 nitrogen and oxygen atoms in total. The normalized spacial score (nSPS) is 12.3. The topological polar surface area (TPSA) is 91.2 Å². The van der Waals surface area contributed by atoms with Gasteiger partial charge in [-0.3, -0.25) is 4.79 Å². The Balaban J connectivity index is 2.12. The Morgan fingerprint density at radius 3 is 2.89 bits per heavy atom. The summed E-state index contributed by atoms with van der Waals surface area (Å²) in [4.78, 5) is 15.3. The summed E-state index contributed by atoms with van der Waals surface area (Å²) >= 11 is 0. The summed E-state index contributed by atoms with van der Waals surface area (Å²) in [6.45, 7) is 2.26. The van der Waals surface area contributed by atoms with Gasteiger partial charge in [0.15, 0.2) is 0 Å². The molecule has 4 N–H and O–H groups in total. The van der Waals surface area contributed by atoms with Crippen molar-refractivity contribution in [3.05, 3.63) is 36.0 Å². The maximum absolute atomic E-state index is 10.8. The van der Waals surface area contributed by atoms with Gasteiger partial charge >= 0.3 is 0 Å². The highest BCUT2D eigenvalue weighted by Gasteiger charge is 2.10. The van der Waals surface area contributed by atoms with Crippen molar-refractivity contribution in [3.8, 4) is 5.75 Å². The summed E-state index contributed by atoms with van der Waals surface area (Å²) in [5.41, 5.74) is 12.4. The number of fused-ring (bicyclic) bond motifs is 1. The zero-order chi connectivity index (χ0) is 13.8. The molecule has 2 aromatic rings. The Labute approximate surface area is 111 Å². The Bertz CT molecular complexity index is 598. The third kappa shape index (κ3) is 3.20. The van der Waals surface area contributed by atoms with Crippen molar-refractivity contribution in [1.29, 1.82) is 0 Å². The summed E-state index contributed by atoms with van der Waals surface area (Å²) in [5.74, 6) is 0.174. The van der Waals surface area contributed by atoms with Crippen molar-refractivity contribution < 1.29 is 9.53 Å². The SMILES string of the molecule is Cc1ccc2cccc(OCCC(N)C(N)=O)c2n1. The van der Waals surface area contributed by atoms with Gasteiger partial charge in [0, 0.05) is 17.5 Å². The van der Waals surface area contributed by atoms with Crippen LogP contribution in [0.4, 0.5) is 0 Å². The number of rotatable bonds is 5. The summed E-state index contributed by atoms with van der Waals surface area (Å²) in [6.07, 6.45) is 0.386. The number of aromatic nitrogens is 1. The lowest BCUT2D eigenvalue weighted by molar-refractivity contribution is -0.119. The quantitative estimate of drug-likeness (QED) is 0.841. The largest absolute Gasteiger partial charge is 0.491 e. The molecule has 0 fully saturated rings. The van der Waals surface area contributed by atoms with Crippen LogP contribution < -0.4 is 16.2 Å². The minimum absolute atomic E-state index is 0.332. The zero-order valence-corrected chi connectivity index (χ0v) is 10.8. The van der Waals surface area contributed by atoms with Crippen molar-refractivity contribution in [2.75, 3.05) is 6.61 Å². The first-order valence-corrected chi connectivity index (χ1v) is 6.12. The highest BCUT2D eigenvalue weighted by molar-refractivity contribution is 5.84. The van der Waals surface area contributed by atoms with Crippen molar-refractivity contribution >= 4 is 16.8 Å². The number of nitrogens with two attached hydrogens (primary N) is 2. The van der Waals surface area contributed by atoms with E-state index in [0.717, 1.165) is 16.6 Å². The highest BCUT2D eigenvalue weighted by atomic mass is 16.5. The van der Waals surface area contributed by atoms with Crippen molar-refractivity contribution in [3.63, 3.8) is 0 Å². The van der Waals surface area contributed by atoms with Crippen LogP contribution in [0.2, 0.25) is 0 Å². The average molecular weight is 259 g/mol.